The molecule has 1 fully saturated rings. The summed E-state index contributed by atoms with van der Waals surface area (Å²) < 4.78 is 23.6. The van der Waals surface area contributed by atoms with Gasteiger partial charge in [-0.15, -0.1) is 0 Å². The van der Waals surface area contributed by atoms with Crippen molar-refractivity contribution >= 4 is 13.2 Å². The summed E-state index contributed by atoms with van der Waals surface area (Å²) in [7, 11) is -4.61. The molecule has 2 rings (SSSR count). The van der Waals surface area contributed by atoms with Gasteiger partial charge in [0.05, 0.1) is 18.8 Å². The predicted octanol–water partition coefficient (Wildman–Crippen LogP) is 1.13. The number of nitrogens with zero attached hydrogens (tertiary/aromatic N) is 4. The molecule has 1 aromatic rings. The first-order valence-corrected chi connectivity index (χ1v) is 10.0. The second-order valence-electron chi connectivity index (χ2n) is 6.16. The van der Waals surface area contributed by atoms with Gasteiger partial charge in [-0.05, 0) is 18.9 Å². The number of azide groups is 1. The highest BCUT2D eigenvalue weighted by atomic mass is 31.2. The van der Waals surface area contributed by atoms with Gasteiger partial charge in [-0.2, -0.15) is 0 Å². The molecule has 13 nitrogen and oxygen atoms in total. The Balaban J connectivity index is 2.14. The number of rotatable bonds is 8. The lowest BCUT2D eigenvalue weighted by atomic mass is 10.1. The van der Waals surface area contributed by atoms with Crippen molar-refractivity contribution in [1.82, 2.24) is 14.9 Å². The minimum absolute atomic E-state index is 0.0707. The van der Waals surface area contributed by atoms with E-state index >= 15 is 0 Å². The van der Waals surface area contributed by atoms with Crippen LogP contribution >= 0.6 is 7.60 Å². The minimum Gasteiger partial charge on any atom is -0.352 e. The molecule has 4 atom stereocenters. The number of amides is 1. The second kappa shape index (κ2) is 9.18. The lowest BCUT2D eigenvalue weighted by Gasteiger charge is -2.18. The Morgan fingerprint density at radius 2 is 2.32 bits per heavy atom. The van der Waals surface area contributed by atoms with Crippen LogP contribution in [0.1, 0.15) is 31.6 Å². The van der Waals surface area contributed by atoms with Crippen LogP contribution in [0.4, 0.5) is 4.79 Å². The summed E-state index contributed by atoms with van der Waals surface area (Å²) in [6.45, 7) is 2.99. The number of hydrogen-bond acceptors (Lipinski definition) is 7. The quantitative estimate of drug-likeness (QED) is 0.245. The number of carbonyl (C=O) groups is 1. The molecule has 1 unspecified atom stereocenters. The highest BCUT2D eigenvalue weighted by Crippen LogP contribution is 2.44. The zero-order valence-corrected chi connectivity index (χ0v) is 16.2. The molecule has 1 aromatic heterocycles. The summed E-state index contributed by atoms with van der Waals surface area (Å²) in [6, 6.07) is -0.812. The second-order valence-corrected chi connectivity index (χ2v) is 7.87. The first-order chi connectivity index (χ1) is 13.2. The molecule has 3 N–H and O–H groups in total. The number of aryl methyl sites for hydroxylation is 1. The number of nitrogens with one attached hydrogen (secondary N) is 2. The molecule has 1 saturated heterocycles. The number of ether oxygens (including phenoxy) is 1. The van der Waals surface area contributed by atoms with E-state index in [0.29, 0.717) is 6.42 Å². The summed E-state index contributed by atoms with van der Waals surface area (Å²) >= 11 is 0. The SMILES string of the molecule is CCCNC(=O)P(=O)(O)OC[C@H]1O[C@@H](n2cc(C)c(=O)[nH]c2=O)C[C@@H]1N=[N+]=[N-]. The number of aromatic amines is 1. The molecule has 28 heavy (non-hydrogen) atoms. The molecule has 0 saturated carbocycles. The lowest BCUT2D eigenvalue weighted by Crippen LogP contribution is -2.33. The van der Waals surface area contributed by atoms with Crippen molar-refractivity contribution in [2.24, 2.45) is 5.11 Å². The van der Waals surface area contributed by atoms with Gasteiger partial charge in [0.1, 0.15) is 6.23 Å². The Labute approximate surface area is 158 Å². The van der Waals surface area contributed by atoms with Crippen LogP contribution in [0.3, 0.4) is 0 Å². The van der Waals surface area contributed by atoms with Crippen LogP contribution in [0.25, 0.3) is 10.4 Å². The van der Waals surface area contributed by atoms with E-state index in [2.05, 4.69) is 20.3 Å². The third-order valence-corrected chi connectivity index (χ3v) is 5.23. The number of aromatic nitrogens is 2. The molecule has 154 valence electrons. The summed E-state index contributed by atoms with van der Waals surface area (Å²) in [5, 5.41) is 5.82. The molecule has 0 aliphatic carbocycles. The van der Waals surface area contributed by atoms with Crippen molar-refractivity contribution < 1.29 is 23.5 Å². The molecule has 0 aromatic carbocycles. The monoisotopic (exact) mass is 416 g/mol. The molecule has 1 aliphatic heterocycles. The van der Waals surface area contributed by atoms with Crippen LogP contribution in [0.5, 0.6) is 0 Å². The maximum absolute atomic E-state index is 12.0. The van der Waals surface area contributed by atoms with Crippen LogP contribution < -0.4 is 16.6 Å². The van der Waals surface area contributed by atoms with E-state index in [1.807, 2.05) is 0 Å². The number of hydrogen-bond donors (Lipinski definition) is 3. The number of carbonyl (C=O) groups excluding carboxylic acids is 1. The summed E-state index contributed by atoms with van der Waals surface area (Å²) in [6.07, 6.45) is 0.0861. The molecular weight excluding hydrogens is 395 g/mol. The third-order valence-electron chi connectivity index (χ3n) is 4.06. The van der Waals surface area contributed by atoms with Gasteiger partial charge in [0.25, 0.3) is 5.56 Å². The Bertz CT molecular complexity index is 937. The smallest absolute Gasteiger partial charge is 0.352 e. The van der Waals surface area contributed by atoms with Crippen LogP contribution in [0.15, 0.2) is 20.9 Å². The van der Waals surface area contributed by atoms with E-state index in [1.54, 1.807) is 6.92 Å². The first kappa shape index (κ1) is 21.9. The van der Waals surface area contributed by atoms with Crippen molar-refractivity contribution in [3.63, 3.8) is 0 Å². The molecule has 14 heteroatoms. The lowest BCUT2D eigenvalue weighted by molar-refractivity contribution is -0.0235. The van der Waals surface area contributed by atoms with E-state index < -0.39 is 49.5 Å². The normalized spacial score (nSPS) is 23.6. The molecule has 2 heterocycles. The standard InChI is InChI=1S/C14H21N6O7P/c1-3-4-16-14(23)28(24,25)26-7-10-9(18-19-15)5-11(27-10)20-6-8(2)12(21)17-13(20)22/h6,9-11H,3-5,7H2,1-2H3,(H,16,23)(H,24,25)(H,17,21,22)/t9-,10+,11+/m0/s1. The van der Waals surface area contributed by atoms with Crippen LogP contribution in [-0.4, -0.2) is 45.4 Å². The molecule has 1 aliphatic rings. The molecular formula is C14H21N6O7P. The van der Waals surface area contributed by atoms with E-state index in [1.165, 1.54) is 13.1 Å². The maximum atomic E-state index is 12.0. The van der Waals surface area contributed by atoms with Crippen molar-refractivity contribution in [3.8, 4) is 0 Å². The van der Waals surface area contributed by atoms with Crippen molar-refractivity contribution in [2.45, 2.75) is 45.1 Å². The molecule has 0 radical (unpaired) electrons. The van der Waals surface area contributed by atoms with Crippen LogP contribution in [-0.2, 0) is 13.8 Å². The Hall–Kier alpha value is -2.43. The molecule has 0 spiro atoms. The van der Waals surface area contributed by atoms with E-state index in [9.17, 15) is 23.8 Å². The minimum atomic E-state index is -4.61. The van der Waals surface area contributed by atoms with Crippen molar-refractivity contribution in [1.29, 1.82) is 0 Å². The van der Waals surface area contributed by atoms with Gasteiger partial charge in [0, 0.05) is 29.6 Å². The van der Waals surface area contributed by atoms with Crippen LogP contribution in [0, 0.1) is 6.92 Å². The Morgan fingerprint density at radius 1 is 1.61 bits per heavy atom. The highest BCUT2D eigenvalue weighted by Gasteiger charge is 2.39. The fourth-order valence-electron chi connectivity index (χ4n) is 2.59. The van der Waals surface area contributed by atoms with Gasteiger partial charge < -0.3 is 14.9 Å². The van der Waals surface area contributed by atoms with E-state index in [4.69, 9.17) is 14.8 Å². The molecule has 0 bridgehead atoms. The Morgan fingerprint density at radius 3 is 2.96 bits per heavy atom. The van der Waals surface area contributed by atoms with Gasteiger partial charge in [0.2, 0.25) is 0 Å². The van der Waals surface area contributed by atoms with E-state index in [0.717, 1.165) is 4.57 Å². The van der Waals surface area contributed by atoms with Crippen LogP contribution in [0.2, 0.25) is 0 Å². The van der Waals surface area contributed by atoms with Gasteiger partial charge in [-0.3, -0.25) is 23.7 Å². The largest absolute Gasteiger partial charge is 0.415 e. The van der Waals surface area contributed by atoms with Gasteiger partial charge in [-0.1, -0.05) is 12.0 Å². The summed E-state index contributed by atoms with van der Waals surface area (Å²) in [5.41, 5.74) is 6.61. The van der Waals surface area contributed by atoms with Crippen molar-refractivity contribution in [2.75, 3.05) is 13.2 Å². The predicted molar refractivity (Wildman–Crippen MR) is 97.0 cm³/mol. The first-order valence-electron chi connectivity index (χ1n) is 8.47. The highest BCUT2D eigenvalue weighted by molar-refractivity contribution is 7.70. The van der Waals surface area contributed by atoms with Gasteiger partial charge in [0.15, 0.2) is 0 Å². The van der Waals surface area contributed by atoms with Gasteiger partial charge >= 0.3 is 18.9 Å². The zero-order valence-electron chi connectivity index (χ0n) is 15.3. The van der Waals surface area contributed by atoms with Gasteiger partial charge in [-0.25, -0.2) is 9.36 Å². The van der Waals surface area contributed by atoms with E-state index in [-0.39, 0.29) is 18.5 Å². The average molecular weight is 416 g/mol. The van der Waals surface area contributed by atoms with Crippen molar-refractivity contribution in [3.05, 3.63) is 43.0 Å². The average Bonchev–Trinajstić information content (AvgIpc) is 3.04. The number of H-pyrrole nitrogens is 1. The fraction of sp³-hybridized carbons (Fsp3) is 0.643. The summed E-state index contributed by atoms with van der Waals surface area (Å²) in [4.78, 5) is 49.8. The zero-order chi connectivity index (χ0) is 20.9. The Kier molecular flexibility index (Phi) is 7.17. The fourth-order valence-corrected chi connectivity index (χ4v) is 3.37. The third kappa shape index (κ3) is 5.09. The summed E-state index contributed by atoms with van der Waals surface area (Å²) in [5.74, 6) is 0. The topological polar surface area (TPSA) is 188 Å². The maximum Gasteiger partial charge on any atom is 0.415 e. The molecule has 1 amide bonds.